The molecule has 0 aromatic carbocycles. The maximum atomic E-state index is 16.7. The molecular formula is C52H86FNO12Si. The lowest BCUT2D eigenvalue weighted by atomic mass is 9.81. The van der Waals surface area contributed by atoms with E-state index in [2.05, 4.69) is 41.5 Å². The zero-order valence-corrected chi connectivity index (χ0v) is 44.4. The third-order valence-corrected chi connectivity index (χ3v) is 22.1. The Hall–Kier alpha value is -2.66. The van der Waals surface area contributed by atoms with Crippen molar-refractivity contribution in [2.75, 3.05) is 27.9 Å². The van der Waals surface area contributed by atoms with Crippen LogP contribution in [0.2, 0.25) is 16.6 Å². The van der Waals surface area contributed by atoms with Crippen LogP contribution in [0.5, 0.6) is 0 Å². The van der Waals surface area contributed by atoms with Gasteiger partial charge in [0.15, 0.2) is 5.78 Å². The Bertz CT molecular complexity index is 1760. The predicted octanol–water partition coefficient (Wildman–Crippen LogP) is 8.83. The van der Waals surface area contributed by atoms with Gasteiger partial charge in [0, 0.05) is 58.5 Å². The van der Waals surface area contributed by atoms with E-state index >= 15 is 4.39 Å². The Morgan fingerprint density at radius 3 is 2.07 bits per heavy atom. The molecule has 3 heterocycles. The quantitative estimate of drug-likeness (QED) is 0.0907. The summed E-state index contributed by atoms with van der Waals surface area (Å²) in [6, 6.07) is -1.17. The molecule has 1 N–H and O–H groups in total. The zero-order chi connectivity index (χ0) is 50.3. The highest BCUT2D eigenvalue weighted by atomic mass is 28.4. The van der Waals surface area contributed by atoms with Gasteiger partial charge in [-0.3, -0.25) is 19.2 Å². The van der Waals surface area contributed by atoms with Gasteiger partial charge in [-0.15, -0.1) is 0 Å². The van der Waals surface area contributed by atoms with Crippen molar-refractivity contribution >= 4 is 37.5 Å². The Balaban J connectivity index is 1.96. The lowest BCUT2D eigenvalue weighted by Gasteiger charge is -2.47. The first-order valence-corrected chi connectivity index (χ1v) is 27.4. The second kappa shape index (κ2) is 24.4. The van der Waals surface area contributed by atoms with Crippen molar-refractivity contribution in [1.82, 2.24) is 4.90 Å². The summed E-state index contributed by atoms with van der Waals surface area (Å²) < 4.78 is 54.4. The number of fused-ring (bicyclic) bond motifs is 3. The van der Waals surface area contributed by atoms with Gasteiger partial charge in [0.2, 0.25) is 14.1 Å². The Morgan fingerprint density at radius 1 is 0.896 bits per heavy atom. The highest BCUT2D eigenvalue weighted by molar-refractivity contribution is 6.77. The first-order valence-electron chi connectivity index (χ1n) is 25.2. The molecule has 4 aliphatic rings. The number of carbonyl (C=O) groups excluding carboxylic acids is 5. The number of esters is 1. The number of piperidine rings is 1. The molecule has 0 aromatic heterocycles. The summed E-state index contributed by atoms with van der Waals surface area (Å²) in [6.07, 6.45) is 0.704. The minimum Gasteiger partial charge on any atom is -0.456 e. The third kappa shape index (κ3) is 12.6. The van der Waals surface area contributed by atoms with Gasteiger partial charge in [0.1, 0.15) is 36.3 Å². The zero-order valence-electron chi connectivity index (χ0n) is 43.4. The summed E-state index contributed by atoms with van der Waals surface area (Å²) in [7, 11) is 1.72. The van der Waals surface area contributed by atoms with Crippen molar-refractivity contribution in [3.05, 3.63) is 23.3 Å². The summed E-state index contributed by atoms with van der Waals surface area (Å²) in [6.45, 7) is 23.9. The number of amides is 1. The van der Waals surface area contributed by atoms with Gasteiger partial charge in [-0.05, 0) is 105 Å². The number of cyclic esters (lactones) is 1. The molecule has 14 unspecified atom stereocenters. The third-order valence-electron chi connectivity index (χ3n) is 16.0. The van der Waals surface area contributed by atoms with Gasteiger partial charge in [0.25, 0.3) is 11.7 Å². The average molecular weight is 964 g/mol. The van der Waals surface area contributed by atoms with Crippen molar-refractivity contribution in [1.29, 1.82) is 0 Å². The first kappa shape index (κ1) is 56.9. The number of nitrogens with zero attached hydrogens (tertiary/aromatic N) is 1. The Labute approximate surface area is 402 Å². The molecule has 1 amide bonds. The molecule has 3 aliphatic heterocycles. The smallest absolute Gasteiger partial charge is 0.329 e. The molecule has 0 spiro atoms. The molecule has 3 fully saturated rings. The first-order chi connectivity index (χ1) is 31.4. The molecule has 14 atom stereocenters. The number of methoxy groups -OCH3 is 3. The standard InChI is InChI=1S/C52H86FNO12Si/c1-16-38-24-32(8)46(53)33(9)25-44(62-14)48-45(63-15)26-35(11)52(60,65-48)49(57)50(58)54-22-18-17-19-39(54)51(59)64-47(34(10)23-37-20-21-40(55)43(27-37)61-13)36(12)42(28-41(38)56)66-67(29(2)3,30(4)5)31(6)7/h23-24,29-31,33,35-39,42-48,60H,16-22,25-28H2,1-15H3. The van der Waals surface area contributed by atoms with E-state index in [0.717, 1.165) is 0 Å². The summed E-state index contributed by atoms with van der Waals surface area (Å²) in [5.41, 5.74) is 1.54. The number of ether oxygens (including phenoxy) is 5. The molecule has 0 radical (unpaired) electrons. The van der Waals surface area contributed by atoms with Crippen molar-refractivity contribution in [2.24, 2.45) is 29.6 Å². The van der Waals surface area contributed by atoms with Crippen LogP contribution in [-0.2, 0) is 52.1 Å². The number of alkyl halides is 1. The Kier molecular flexibility index (Phi) is 20.8. The normalized spacial score (nSPS) is 36.5. The topological polar surface area (TPSA) is 164 Å². The maximum Gasteiger partial charge on any atom is 0.329 e. The molecule has 2 bridgehead atoms. The highest BCUT2D eigenvalue weighted by Gasteiger charge is 2.57. The fraction of sp³-hybridized carbons (Fsp3) is 0.827. The van der Waals surface area contributed by atoms with Gasteiger partial charge in [-0.1, -0.05) is 81.4 Å². The van der Waals surface area contributed by atoms with Crippen molar-refractivity contribution in [3.8, 4) is 0 Å². The lowest BCUT2D eigenvalue weighted by Crippen LogP contribution is -2.64. The van der Waals surface area contributed by atoms with E-state index in [4.69, 9.17) is 28.1 Å². The minimum atomic E-state index is -2.72. The van der Waals surface area contributed by atoms with E-state index in [1.54, 1.807) is 26.8 Å². The summed E-state index contributed by atoms with van der Waals surface area (Å²) in [4.78, 5) is 72.7. The number of Topliss-reactive ketones (excluding diaryl/α,β-unsaturated/α-hetero) is 3. The van der Waals surface area contributed by atoms with Crippen LogP contribution in [0, 0.1) is 29.6 Å². The fourth-order valence-corrected chi connectivity index (χ4v) is 17.6. The average Bonchev–Trinajstić information content (AvgIpc) is 3.29. The molecule has 1 aliphatic carbocycles. The van der Waals surface area contributed by atoms with E-state index in [-0.39, 0.29) is 66.3 Å². The fourth-order valence-electron chi connectivity index (χ4n) is 11.9. The van der Waals surface area contributed by atoms with Crippen LogP contribution in [0.15, 0.2) is 23.3 Å². The van der Waals surface area contributed by atoms with Crippen LogP contribution in [0.1, 0.15) is 147 Å². The van der Waals surface area contributed by atoms with E-state index in [0.29, 0.717) is 49.7 Å². The second-order valence-corrected chi connectivity index (χ2v) is 26.7. The number of ketones is 3. The SMILES string of the molecule is CCC1C=C(C)C(F)C(C)CC(OC)C2OC(O)(C(=O)C(=O)N3CCCCC3C(=O)OC(C(C)=CC3CCC(=O)C(OC)C3)C(C)C(O[Si](C(C)C)(C(C)C)C(C)C)CC1=O)C(C)CC2OC. The monoisotopic (exact) mass is 964 g/mol. The number of hydrogen-bond donors (Lipinski definition) is 1. The Morgan fingerprint density at radius 2 is 1.51 bits per heavy atom. The molecule has 13 nitrogen and oxygen atoms in total. The van der Waals surface area contributed by atoms with Crippen LogP contribution in [0.25, 0.3) is 0 Å². The van der Waals surface area contributed by atoms with Crippen molar-refractivity contribution < 1.29 is 61.6 Å². The van der Waals surface area contributed by atoms with Gasteiger partial charge in [-0.2, -0.15) is 0 Å². The number of hydrogen-bond acceptors (Lipinski definition) is 12. The molecule has 67 heavy (non-hydrogen) atoms. The van der Waals surface area contributed by atoms with Gasteiger partial charge < -0.3 is 38.1 Å². The molecule has 15 heteroatoms. The summed E-state index contributed by atoms with van der Waals surface area (Å²) in [5.74, 6) is -8.58. The number of allylic oxidation sites excluding steroid dienone is 3. The number of rotatable bonds is 11. The molecule has 1 saturated carbocycles. The van der Waals surface area contributed by atoms with Crippen LogP contribution in [0.4, 0.5) is 4.39 Å². The minimum absolute atomic E-state index is 0.0235. The highest BCUT2D eigenvalue weighted by Crippen LogP contribution is 2.46. The summed E-state index contributed by atoms with van der Waals surface area (Å²) in [5, 5.41) is 12.2. The van der Waals surface area contributed by atoms with Gasteiger partial charge in [-0.25, -0.2) is 9.18 Å². The van der Waals surface area contributed by atoms with Gasteiger partial charge in [0.05, 0.1) is 18.3 Å². The predicted molar refractivity (Wildman–Crippen MR) is 257 cm³/mol. The summed E-state index contributed by atoms with van der Waals surface area (Å²) >= 11 is 0. The number of halogens is 1. The number of aliphatic hydroxyl groups is 1. The molecule has 382 valence electrons. The molecular weight excluding hydrogens is 878 g/mol. The maximum absolute atomic E-state index is 16.7. The van der Waals surface area contributed by atoms with Crippen LogP contribution >= 0.6 is 0 Å². The van der Waals surface area contributed by atoms with Crippen LogP contribution in [-0.4, -0.2) is 130 Å². The lowest BCUT2D eigenvalue weighted by molar-refractivity contribution is -0.302. The van der Waals surface area contributed by atoms with Crippen molar-refractivity contribution in [3.63, 3.8) is 0 Å². The van der Waals surface area contributed by atoms with E-state index in [1.165, 1.54) is 26.2 Å². The van der Waals surface area contributed by atoms with E-state index < -0.39 is 104 Å². The molecule has 4 rings (SSSR count). The van der Waals surface area contributed by atoms with Crippen LogP contribution < -0.4 is 0 Å². The van der Waals surface area contributed by atoms with Crippen LogP contribution in [0.3, 0.4) is 0 Å². The number of carbonyl (C=O) groups is 5. The van der Waals surface area contributed by atoms with E-state index in [1.807, 2.05) is 26.8 Å². The molecule has 2 saturated heterocycles. The van der Waals surface area contributed by atoms with E-state index in [9.17, 15) is 29.1 Å². The van der Waals surface area contributed by atoms with Crippen molar-refractivity contribution in [2.45, 2.75) is 219 Å². The second-order valence-electron chi connectivity index (χ2n) is 21.3. The molecule has 0 aromatic rings. The largest absolute Gasteiger partial charge is 0.456 e. The van der Waals surface area contributed by atoms with Gasteiger partial charge >= 0.3 is 5.97 Å².